The Hall–Kier alpha value is -2.85. The summed E-state index contributed by atoms with van der Waals surface area (Å²) in [4.78, 5) is 12.3. The van der Waals surface area contributed by atoms with E-state index in [9.17, 15) is 13.2 Å². The predicted octanol–water partition coefficient (Wildman–Crippen LogP) is 2.18. The van der Waals surface area contributed by atoms with Gasteiger partial charge in [0.25, 0.3) is 5.91 Å². The number of rotatable bonds is 4. The third-order valence-electron chi connectivity index (χ3n) is 2.74. The molecular formula is C15H13N3O3S. The molecule has 112 valence electrons. The zero-order valence-electron chi connectivity index (χ0n) is 11.7. The molecule has 0 aliphatic rings. The van der Waals surface area contributed by atoms with Crippen LogP contribution >= 0.6 is 0 Å². The van der Waals surface area contributed by atoms with E-state index >= 15 is 0 Å². The van der Waals surface area contributed by atoms with Crippen molar-refractivity contribution in [3.63, 3.8) is 0 Å². The SMILES string of the molecule is CS(=O)(=O)Nc1ccccc1C(=O)Nc1ccc(C#N)cc1. The first-order valence-corrected chi connectivity index (χ1v) is 8.16. The molecule has 2 N–H and O–H groups in total. The van der Waals surface area contributed by atoms with Crippen molar-refractivity contribution in [2.75, 3.05) is 16.3 Å². The molecule has 0 bridgehead atoms. The summed E-state index contributed by atoms with van der Waals surface area (Å²) in [6.07, 6.45) is 1.02. The van der Waals surface area contributed by atoms with E-state index in [1.165, 1.54) is 12.1 Å². The summed E-state index contributed by atoms with van der Waals surface area (Å²) in [6.45, 7) is 0. The van der Waals surface area contributed by atoms with Crippen LogP contribution in [0.4, 0.5) is 11.4 Å². The molecule has 0 aliphatic heterocycles. The van der Waals surface area contributed by atoms with Crippen molar-refractivity contribution in [1.29, 1.82) is 5.26 Å². The van der Waals surface area contributed by atoms with Crippen LogP contribution in [-0.2, 0) is 10.0 Å². The van der Waals surface area contributed by atoms with Crippen LogP contribution in [0.5, 0.6) is 0 Å². The maximum Gasteiger partial charge on any atom is 0.257 e. The van der Waals surface area contributed by atoms with Gasteiger partial charge in [-0.05, 0) is 36.4 Å². The molecule has 2 aromatic carbocycles. The fourth-order valence-corrected chi connectivity index (χ4v) is 2.37. The number of carbonyl (C=O) groups is 1. The highest BCUT2D eigenvalue weighted by Gasteiger charge is 2.13. The zero-order chi connectivity index (χ0) is 16.2. The van der Waals surface area contributed by atoms with Crippen molar-refractivity contribution in [2.45, 2.75) is 0 Å². The Balaban J connectivity index is 2.24. The Morgan fingerprint density at radius 3 is 2.32 bits per heavy atom. The van der Waals surface area contributed by atoms with Crippen LogP contribution in [0.2, 0.25) is 0 Å². The van der Waals surface area contributed by atoms with Gasteiger partial charge in [0, 0.05) is 5.69 Å². The van der Waals surface area contributed by atoms with Gasteiger partial charge in [0.1, 0.15) is 0 Å². The molecule has 0 saturated heterocycles. The van der Waals surface area contributed by atoms with Crippen molar-refractivity contribution >= 4 is 27.3 Å². The van der Waals surface area contributed by atoms with Crippen LogP contribution in [0.15, 0.2) is 48.5 Å². The van der Waals surface area contributed by atoms with Crippen LogP contribution in [0.3, 0.4) is 0 Å². The van der Waals surface area contributed by atoms with Gasteiger partial charge in [-0.25, -0.2) is 8.42 Å². The van der Waals surface area contributed by atoms with Crippen LogP contribution < -0.4 is 10.0 Å². The molecule has 2 rings (SSSR count). The van der Waals surface area contributed by atoms with Crippen molar-refractivity contribution in [3.05, 3.63) is 59.7 Å². The summed E-state index contributed by atoms with van der Waals surface area (Å²) in [5.74, 6) is -0.448. The minimum absolute atomic E-state index is 0.205. The number of nitriles is 1. The first kappa shape index (κ1) is 15.5. The van der Waals surface area contributed by atoms with Crippen molar-refractivity contribution in [2.24, 2.45) is 0 Å². The summed E-state index contributed by atoms with van der Waals surface area (Å²) in [6, 6.07) is 14.6. The maximum absolute atomic E-state index is 12.3. The average Bonchev–Trinajstić information content (AvgIpc) is 2.47. The molecule has 22 heavy (non-hydrogen) atoms. The number of para-hydroxylation sites is 1. The second-order valence-corrected chi connectivity index (χ2v) is 6.31. The largest absolute Gasteiger partial charge is 0.322 e. The van der Waals surface area contributed by atoms with Crippen LogP contribution in [0, 0.1) is 11.3 Å². The molecule has 7 heteroatoms. The molecular weight excluding hydrogens is 302 g/mol. The second kappa shape index (κ2) is 6.28. The summed E-state index contributed by atoms with van der Waals surface area (Å²) in [5.41, 5.74) is 1.41. The first-order chi connectivity index (χ1) is 10.4. The number of nitrogens with one attached hydrogen (secondary N) is 2. The molecule has 0 spiro atoms. The minimum Gasteiger partial charge on any atom is -0.322 e. The Bertz CT molecular complexity index is 837. The first-order valence-electron chi connectivity index (χ1n) is 6.27. The van der Waals surface area contributed by atoms with E-state index < -0.39 is 15.9 Å². The lowest BCUT2D eigenvalue weighted by molar-refractivity contribution is 0.102. The van der Waals surface area contributed by atoms with E-state index in [0.717, 1.165) is 6.26 Å². The average molecular weight is 315 g/mol. The number of nitrogens with zero attached hydrogens (tertiary/aromatic N) is 1. The van der Waals surface area contributed by atoms with E-state index in [1.807, 2.05) is 6.07 Å². The number of carbonyl (C=O) groups excluding carboxylic acids is 1. The number of benzene rings is 2. The van der Waals surface area contributed by atoms with Gasteiger partial charge in [0.05, 0.1) is 29.1 Å². The second-order valence-electron chi connectivity index (χ2n) is 4.56. The van der Waals surface area contributed by atoms with Crippen molar-refractivity contribution < 1.29 is 13.2 Å². The van der Waals surface area contributed by atoms with Crippen LogP contribution in [0.1, 0.15) is 15.9 Å². The van der Waals surface area contributed by atoms with Gasteiger partial charge in [-0.2, -0.15) is 5.26 Å². The molecule has 0 heterocycles. The third-order valence-corrected chi connectivity index (χ3v) is 3.33. The number of sulfonamides is 1. The fourth-order valence-electron chi connectivity index (χ4n) is 1.80. The van der Waals surface area contributed by atoms with Gasteiger partial charge in [-0.1, -0.05) is 12.1 Å². The number of amides is 1. The highest BCUT2D eigenvalue weighted by atomic mass is 32.2. The summed E-state index contributed by atoms with van der Waals surface area (Å²) in [7, 11) is -3.48. The topological polar surface area (TPSA) is 99.1 Å². The van der Waals surface area contributed by atoms with Gasteiger partial charge in [-0.15, -0.1) is 0 Å². The third kappa shape index (κ3) is 4.07. The molecule has 0 radical (unpaired) electrons. The van der Waals surface area contributed by atoms with Crippen LogP contribution in [-0.4, -0.2) is 20.6 Å². The highest BCUT2D eigenvalue weighted by Crippen LogP contribution is 2.18. The monoisotopic (exact) mass is 315 g/mol. The molecule has 0 unspecified atom stereocenters. The summed E-state index contributed by atoms with van der Waals surface area (Å²) < 4.78 is 25.0. The number of hydrogen-bond donors (Lipinski definition) is 2. The molecule has 0 saturated carbocycles. The van der Waals surface area contributed by atoms with E-state index in [0.29, 0.717) is 11.3 Å². The molecule has 0 fully saturated rings. The zero-order valence-corrected chi connectivity index (χ0v) is 12.5. The molecule has 0 atom stereocenters. The van der Waals surface area contributed by atoms with Crippen molar-refractivity contribution in [3.8, 4) is 6.07 Å². The van der Waals surface area contributed by atoms with Gasteiger partial charge < -0.3 is 5.32 Å². The number of hydrogen-bond acceptors (Lipinski definition) is 4. The molecule has 2 aromatic rings. The lowest BCUT2D eigenvalue weighted by atomic mass is 10.1. The predicted molar refractivity (Wildman–Crippen MR) is 84.0 cm³/mol. The fraction of sp³-hybridized carbons (Fsp3) is 0.0667. The van der Waals surface area contributed by atoms with E-state index in [-0.39, 0.29) is 11.3 Å². The lowest BCUT2D eigenvalue weighted by Gasteiger charge is -2.11. The van der Waals surface area contributed by atoms with Gasteiger partial charge in [0.15, 0.2) is 0 Å². The Morgan fingerprint density at radius 2 is 1.73 bits per heavy atom. The van der Waals surface area contributed by atoms with Gasteiger partial charge in [0.2, 0.25) is 10.0 Å². The Labute approximate surface area is 128 Å². The summed E-state index contributed by atoms with van der Waals surface area (Å²) >= 11 is 0. The van der Waals surface area contributed by atoms with Gasteiger partial charge in [-0.3, -0.25) is 9.52 Å². The molecule has 6 nitrogen and oxygen atoms in total. The number of anilines is 2. The summed E-state index contributed by atoms with van der Waals surface area (Å²) in [5, 5.41) is 11.4. The van der Waals surface area contributed by atoms with Gasteiger partial charge >= 0.3 is 0 Å². The van der Waals surface area contributed by atoms with Crippen LogP contribution in [0.25, 0.3) is 0 Å². The lowest BCUT2D eigenvalue weighted by Crippen LogP contribution is -2.17. The normalized spacial score (nSPS) is 10.5. The molecule has 1 amide bonds. The maximum atomic E-state index is 12.3. The Morgan fingerprint density at radius 1 is 1.09 bits per heavy atom. The quantitative estimate of drug-likeness (QED) is 0.903. The van der Waals surface area contributed by atoms with E-state index in [4.69, 9.17) is 5.26 Å². The van der Waals surface area contributed by atoms with Crippen molar-refractivity contribution in [1.82, 2.24) is 0 Å². The highest BCUT2D eigenvalue weighted by molar-refractivity contribution is 7.92. The smallest absolute Gasteiger partial charge is 0.257 e. The molecule has 0 aromatic heterocycles. The standard InChI is InChI=1S/C15H13N3O3S/c1-22(20,21)18-14-5-3-2-4-13(14)15(19)17-12-8-6-11(10-16)7-9-12/h2-9,18H,1H3,(H,17,19). The van der Waals surface area contributed by atoms with E-state index in [1.54, 1.807) is 36.4 Å². The van der Waals surface area contributed by atoms with E-state index in [2.05, 4.69) is 10.0 Å². The minimum atomic E-state index is -3.48. The Kier molecular flexibility index (Phi) is 4.44. The molecule has 0 aliphatic carbocycles.